The van der Waals surface area contributed by atoms with E-state index in [1.165, 1.54) is 5.56 Å². The summed E-state index contributed by atoms with van der Waals surface area (Å²) in [5.74, 6) is -0.881. The van der Waals surface area contributed by atoms with Gasteiger partial charge in [0.1, 0.15) is 0 Å². The molecule has 1 N–H and O–H groups in total. The molecule has 0 aliphatic carbocycles. The number of carbonyl (C=O) groups is 1. The van der Waals surface area contributed by atoms with Gasteiger partial charge in [0.15, 0.2) is 0 Å². The quantitative estimate of drug-likeness (QED) is 0.885. The van der Waals surface area contributed by atoms with Gasteiger partial charge in [-0.1, -0.05) is 13.0 Å². The number of aryl methyl sites for hydroxylation is 1. The van der Waals surface area contributed by atoms with Gasteiger partial charge in [0.2, 0.25) is 0 Å². The van der Waals surface area contributed by atoms with Crippen molar-refractivity contribution in [2.24, 2.45) is 0 Å². The fourth-order valence-corrected chi connectivity index (χ4v) is 2.27. The summed E-state index contributed by atoms with van der Waals surface area (Å²) >= 11 is 0. The van der Waals surface area contributed by atoms with Crippen LogP contribution in [0.4, 0.5) is 0 Å². The molecule has 0 radical (unpaired) electrons. The van der Waals surface area contributed by atoms with E-state index in [9.17, 15) is 4.79 Å². The smallest absolute Gasteiger partial charge is 0.335 e. The van der Waals surface area contributed by atoms with Gasteiger partial charge in [-0.25, -0.2) is 4.79 Å². The molecule has 1 aromatic carbocycles. The third-order valence-corrected chi connectivity index (χ3v) is 3.59. The standard InChI is InChI=1S/C17H20N2O2/c1-3-19(11-14-6-8-18-9-7-14)12-16-5-4-15(17(20)21)10-13(16)2/h4-10H,3,11-12H2,1-2H3,(H,20,21). The van der Waals surface area contributed by atoms with E-state index in [1.54, 1.807) is 24.5 Å². The lowest BCUT2D eigenvalue weighted by molar-refractivity contribution is 0.0696. The highest BCUT2D eigenvalue weighted by Crippen LogP contribution is 2.15. The Bertz CT molecular complexity index is 611. The number of aromatic carboxylic acids is 1. The van der Waals surface area contributed by atoms with E-state index in [0.717, 1.165) is 30.8 Å². The van der Waals surface area contributed by atoms with Gasteiger partial charge in [-0.2, -0.15) is 0 Å². The first-order valence-electron chi connectivity index (χ1n) is 7.04. The van der Waals surface area contributed by atoms with Crippen LogP contribution in [0.1, 0.15) is 34.0 Å². The second kappa shape index (κ2) is 6.99. The first-order valence-corrected chi connectivity index (χ1v) is 7.04. The van der Waals surface area contributed by atoms with Gasteiger partial charge >= 0.3 is 5.97 Å². The molecule has 2 aromatic rings. The number of carboxylic acid groups (broad SMARTS) is 1. The normalized spacial score (nSPS) is 10.8. The fourth-order valence-electron chi connectivity index (χ4n) is 2.27. The maximum absolute atomic E-state index is 11.0. The Kier molecular flexibility index (Phi) is 5.06. The Balaban J connectivity index is 2.10. The Labute approximate surface area is 125 Å². The predicted octanol–water partition coefficient (Wildman–Crippen LogP) is 3.11. The van der Waals surface area contributed by atoms with Crippen LogP contribution in [0.2, 0.25) is 0 Å². The first kappa shape index (κ1) is 15.2. The van der Waals surface area contributed by atoms with Crippen LogP contribution in [-0.4, -0.2) is 27.5 Å². The Hall–Kier alpha value is -2.20. The van der Waals surface area contributed by atoms with Gasteiger partial charge in [0.25, 0.3) is 0 Å². The molecule has 0 amide bonds. The van der Waals surface area contributed by atoms with E-state index >= 15 is 0 Å². The average molecular weight is 284 g/mol. The summed E-state index contributed by atoms with van der Waals surface area (Å²) in [6.07, 6.45) is 3.60. The Morgan fingerprint density at radius 1 is 1.19 bits per heavy atom. The monoisotopic (exact) mass is 284 g/mol. The topological polar surface area (TPSA) is 53.4 Å². The maximum atomic E-state index is 11.0. The lowest BCUT2D eigenvalue weighted by atomic mass is 10.0. The molecule has 0 spiro atoms. The lowest BCUT2D eigenvalue weighted by Crippen LogP contribution is -2.22. The van der Waals surface area contributed by atoms with Gasteiger partial charge in [-0.3, -0.25) is 9.88 Å². The van der Waals surface area contributed by atoms with Crippen molar-refractivity contribution in [3.8, 4) is 0 Å². The number of carboxylic acids is 1. The number of benzene rings is 1. The van der Waals surface area contributed by atoms with Crippen molar-refractivity contribution >= 4 is 5.97 Å². The molecule has 2 rings (SSSR count). The van der Waals surface area contributed by atoms with Crippen LogP contribution in [0.5, 0.6) is 0 Å². The van der Waals surface area contributed by atoms with Crippen LogP contribution < -0.4 is 0 Å². The molecule has 0 bridgehead atoms. The summed E-state index contributed by atoms with van der Waals surface area (Å²) in [4.78, 5) is 17.3. The van der Waals surface area contributed by atoms with Crippen molar-refractivity contribution in [3.05, 3.63) is 65.0 Å². The fraction of sp³-hybridized carbons (Fsp3) is 0.294. The maximum Gasteiger partial charge on any atom is 0.335 e. The van der Waals surface area contributed by atoms with E-state index in [1.807, 2.05) is 25.1 Å². The highest BCUT2D eigenvalue weighted by molar-refractivity contribution is 5.87. The van der Waals surface area contributed by atoms with Crippen LogP contribution in [0.3, 0.4) is 0 Å². The number of hydrogen-bond donors (Lipinski definition) is 1. The summed E-state index contributed by atoms with van der Waals surface area (Å²) in [6, 6.07) is 9.35. The minimum absolute atomic E-state index is 0.341. The molecule has 21 heavy (non-hydrogen) atoms. The van der Waals surface area contributed by atoms with Crippen LogP contribution in [-0.2, 0) is 13.1 Å². The van der Waals surface area contributed by atoms with Gasteiger partial charge in [-0.15, -0.1) is 0 Å². The highest BCUT2D eigenvalue weighted by atomic mass is 16.4. The molecule has 1 aromatic heterocycles. The molecular formula is C17H20N2O2. The van der Waals surface area contributed by atoms with Crippen LogP contribution >= 0.6 is 0 Å². The number of nitrogens with zero attached hydrogens (tertiary/aromatic N) is 2. The molecule has 4 nitrogen and oxygen atoms in total. The van der Waals surface area contributed by atoms with Crippen molar-refractivity contribution in [2.45, 2.75) is 26.9 Å². The SMILES string of the molecule is CCN(Cc1ccncc1)Cc1ccc(C(=O)O)cc1C. The van der Waals surface area contributed by atoms with E-state index in [0.29, 0.717) is 5.56 Å². The van der Waals surface area contributed by atoms with Crippen molar-refractivity contribution in [1.82, 2.24) is 9.88 Å². The van der Waals surface area contributed by atoms with Crippen molar-refractivity contribution < 1.29 is 9.90 Å². The van der Waals surface area contributed by atoms with E-state index < -0.39 is 5.97 Å². The Morgan fingerprint density at radius 3 is 2.48 bits per heavy atom. The number of pyridine rings is 1. The lowest BCUT2D eigenvalue weighted by Gasteiger charge is -2.21. The van der Waals surface area contributed by atoms with E-state index in [2.05, 4.69) is 16.8 Å². The summed E-state index contributed by atoms with van der Waals surface area (Å²) in [6.45, 7) is 6.69. The molecule has 0 aliphatic rings. The molecule has 1 heterocycles. The third kappa shape index (κ3) is 4.13. The number of rotatable bonds is 6. The van der Waals surface area contributed by atoms with Crippen LogP contribution in [0.15, 0.2) is 42.7 Å². The summed E-state index contributed by atoms with van der Waals surface area (Å²) in [5, 5.41) is 9.01. The number of hydrogen-bond acceptors (Lipinski definition) is 3. The molecule has 0 saturated carbocycles. The van der Waals surface area contributed by atoms with E-state index in [4.69, 9.17) is 5.11 Å². The second-order valence-electron chi connectivity index (χ2n) is 5.11. The van der Waals surface area contributed by atoms with Crippen LogP contribution in [0, 0.1) is 6.92 Å². The molecular weight excluding hydrogens is 264 g/mol. The minimum atomic E-state index is -0.881. The first-order chi connectivity index (χ1) is 10.1. The second-order valence-corrected chi connectivity index (χ2v) is 5.11. The highest BCUT2D eigenvalue weighted by Gasteiger charge is 2.09. The molecule has 0 aliphatic heterocycles. The predicted molar refractivity (Wildman–Crippen MR) is 82.2 cm³/mol. The number of aromatic nitrogens is 1. The third-order valence-electron chi connectivity index (χ3n) is 3.59. The molecule has 110 valence electrons. The van der Waals surface area contributed by atoms with Crippen molar-refractivity contribution in [1.29, 1.82) is 0 Å². The summed E-state index contributed by atoms with van der Waals surface area (Å²) in [7, 11) is 0. The molecule has 0 atom stereocenters. The largest absolute Gasteiger partial charge is 0.478 e. The summed E-state index contributed by atoms with van der Waals surface area (Å²) < 4.78 is 0. The van der Waals surface area contributed by atoms with Gasteiger partial charge in [0.05, 0.1) is 5.56 Å². The van der Waals surface area contributed by atoms with Crippen LogP contribution in [0.25, 0.3) is 0 Å². The summed E-state index contributed by atoms with van der Waals surface area (Å²) in [5.41, 5.74) is 3.75. The molecule has 0 fully saturated rings. The van der Waals surface area contributed by atoms with E-state index in [-0.39, 0.29) is 0 Å². The van der Waals surface area contributed by atoms with Gasteiger partial charge in [0, 0.05) is 25.5 Å². The van der Waals surface area contributed by atoms with Crippen molar-refractivity contribution in [3.63, 3.8) is 0 Å². The molecule has 0 unspecified atom stereocenters. The zero-order valence-electron chi connectivity index (χ0n) is 12.4. The van der Waals surface area contributed by atoms with Gasteiger partial charge < -0.3 is 5.11 Å². The average Bonchev–Trinajstić information content (AvgIpc) is 2.49. The Morgan fingerprint density at radius 2 is 1.90 bits per heavy atom. The zero-order chi connectivity index (χ0) is 15.2. The minimum Gasteiger partial charge on any atom is -0.478 e. The molecule has 0 saturated heterocycles. The zero-order valence-corrected chi connectivity index (χ0v) is 12.4. The van der Waals surface area contributed by atoms with Crippen molar-refractivity contribution in [2.75, 3.05) is 6.54 Å². The van der Waals surface area contributed by atoms with Gasteiger partial charge in [-0.05, 0) is 54.4 Å². The molecule has 4 heteroatoms.